The summed E-state index contributed by atoms with van der Waals surface area (Å²) in [5.74, 6) is 0.269. The second kappa shape index (κ2) is 7.99. The molecule has 7 heteroatoms. The highest BCUT2D eigenvalue weighted by Crippen LogP contribution is 2.49. The molecule has 1 fully saturated rings. The quantitative estimate of drug-likeness (QED) is 0.624. The van der Waals surface area contributed by atoms with Crippen LogP contribution in [0.15, 0.2) is 18.3 Å². The Kier molecular flexibility index (Phi) is 5.07. The minimum Gasteiger partial charge on any atom is -0.379 e. The summed E-state index contributed by atoms with van der Waals surface area (Å²) < 4.78 is 5.51. The molecular formula is C26H33N5O2. The predicted octanol–water partition coefficient (Wildman–Crippen LogP) is 3.78. The molecule has 4 heterocycles. The van der Waals surface area contributed by atoms with Gasteiger partial charge in [0.25, 0.3) is 0 Å². The third-order valence-corrected chi connectivity index (χ3v) is 8.27. The number of aromatic amines is 2. The normalized spacial score (nSPS) is 20.1. The number of carbonyl (C=O) groups is 1. The van der Waals surface area contributed by atoms with Crippen LogP contribution in [0.5, 0.6) is 0 Å². The first-order chi connectivity index (χ1) is 16.2. The Morgan fingerprint density at radius 3 is 2.70 bits per heavy atom. The Labute approximate surface area is 194 Å². The number of fused-ring (bicyclic) bond motifs is 6. The molecule has 0 saturated carbocycles. The maximum absolute atomic E-state index is 13.9. The molecule has 2 aromatic heterocycles. The average Bonchev–Trinajstić information content (AvgIpc) is 3.47. The number of aryl methyl sites for hydroxylation is 2. The third-order valence-electron chi connectivity index (χ3n) is 8.27. The van der Waals surface area contributed by atoms with E-state index in [2.05, 4.69) is 51.0 Å². The van der Waals surface area contributed by atoms with E-state index in [1.54, 1.807) is 0 Å². The number of aromatic nitrogens is 3. The Morgan fingerprint density at radius 1 is 1.09 bits per heavy atom. The van der Waals surface area contributed by atoms with Crippen molar-refractivity contribution < 1.29 is 9.53 Å². The van der Waals surface area contributed by atoms with Crippen molar-refractivity contribution in [1.82, 2.24) is 20.1 Å². The number of anilines is 1. The lowest BCUT2D eigenvalue weighted by Gasteiger charge is -2.30. The van der Waals surface area contributed by atoms with Crippen LogP contribution in [0.3, 0.4) is 0 Å². The lowest BCUT2D eigenvalue weighted by atomic mass is 9.76. The fourth-order valence-electron chi connectivity index (χ4n) is 6.24. The summed E-state index contributed by atoms with van der Waals surface area (Å²) >= 11 is 0. The molecule has 1 saturated heterocycles. The summed E-state index contributed by atoms with van der Waals surface area (Å²) in [6.45, 7) is 9.38. The predicted molar refractivity (Wildman–Crippen MR) is 130 cm³/mol. The van der Waals surface area contributed by atoms with Crippen LogP contribution < -0.4 is 4.90 Å². The molecule has 3 aromatic rings. The van der Waals surface area contributed by atoms with Gasteiger partial charge in [-0.3, -0.25) is 14.8 Å². The zero-order chi connectivity index (χ0) is 22.6. The molecule has 6 rings (SSSR count). The smallest absolute Gasteiger partial charge is 0.237 e. The summed E-state index contributed by atoms with van der Waals surface area (Å²) in [5.41, 5.74) is 7.92. The van der Waals surface area contributed by atoms with Crippen LogP contribution in [0.4, 0.5) is 5.69 Å². The molecule has 1 aliphatic carbocycles. The van der Waals surface area contributed by atoms with Gasteiger partial charge in [-0.25, -0.2) is 0 Å². The lowest BCUT2D eigenvalue weighted by Crippen LogP contribution is -2.45. The van der Waals surface area contributed by atoms with E-state index in [0.29, 0.717) is 0 Å². The van der Waals surface area contributed by atoms with Gasteiger partial charge in [-0.15, -0.1) is 0 Å². The summed E-state index contributed by atoms with van der Waals surface area (Å²) in [4.78, 5) is 22.0. The average molecular weight is 448 g/mol. The number of carbonyl (C=O) groups excluding carboxylic acids is 1. The molecule has 174 valence electrons. The van der Waals surface area contributed by atoms with E-state index < -0.39 is 5.41 Å². The van der Waals surface area contributed by atoms with Crippen LogP contribution >= 0.6 is 0 Å². The maximum Gasteiger partial charge on any atom is 0.237 e. The number of ether oxygens (including phenoxy) is 1. The largest absolute Gasteiger partial charge is 0.379 e. The van der Waals surface area contributed by atoms with E-state index in [1.807, 2.05) is 6.20 Å². The molecule has 0 unspecified atom stereocenters. The van der Waals surface area contributed by atoms with Gasteiger partial charge in [-0.05, 0) is 60.9 Å². The number of amides is 1. The summed E-state index contributed by atoms with van der Waals surface area (Å²) in [6, 6.07) is 4.57. The van der Waals surface area contributed by atoms with E-state index in [1.165, 1.54) is 27.8 Å². The van der Waals surface area contributed by atoms with Gasteiger partial charge in [-0.1, -0.05) is 13.8 Å². The standard InChI is InChI=1S/C26H33N5O2/c1-3-26(4-2)20-15-21-19(18-7-5-6-17-16-27-29-23(17)24(18)28-21)14-22(20)31(25(26)32)9-8-30-10-12-33-13-11-30/h14-16,28H,3-13H2,1-2H3,(H,27,29). The highest BCUT2D eigenvalue weighted by atomic mass is 16.5. The van der Waals surface area contributed by atoms with Crippen molar-refractivity contribution in [3.63, 3.8) is 0 Å². The van der Waals surface area contributed by atoms with Crippen molar-refractivity contribution in [2.24, 2.45) is 0 Å². The molecule has 33 heavy (non-hydrogen) atoms. The first-order valence-corrected chi connectivity index (χ1v) is 12.5. The third kappa shape index (κ3) is 3.09. The second-order valence-electron chi connectivity index (χ2n) is 9.72. The second-order valence-corrected chi connectivity index (χ2v) is 9.72. The van der Waals surface area contributed by atoms with Crippen molar-refractivity contribution in [2.45, 2.75) is 51.4 Å². The zero-order valence-electron chi connectivity index (χ0n) is 19.7. The Balaban J connectivity index is 1.46. The Morgan fingerprint density at radius 2 is 1.91 bits per heavy atom. The van der Waals surface area contributed by atoms with Crippen molar-refractivity contribution in [1.29, 1.82) is 0 Å². The van der Waals surface area contributed by atoms with Crippen LogP contribution in [0.25, 0.3) is 22.3 Å². The van der Waals surface area contributed by atoms with E-state index >= 15 is 0 Å². The van der Waals surface area contributed by atoms with E-state index in [-0.39, 0.29) is 5.91 Å². The van der Waals surface area contributed by atoms with Gasteiger partial charge < -0.3 is 14.6 Å². The molecule has 3 aliphatic rings. The fourth-order valence-corrected chi connectivity index (χ4v) is 6.24. The number of benzene rings is 1. The molecule has 0 atom stereocenters. The van der Waals surface area contributed by atoms with Crippen LogP contribution in [0.2, 0.25) is 0 Å². The molecule has 0 bridgehead atoms. The monoisotopic (exact) mass is 447 g/mol. The number of nitrogens with zero attached hydrogens (tertiary/aromatic N) is 3. The highest BCUT2D eigenvalue weighted by molar-refractivity contribution is 6.11. The van der Waals surface area contributed by atoms with Gasteiger partial charge in [0.15, 0.2) is 0 Å². The summed E-state index contributed by atoms with van der Waals surface area (Å²) in [5, 5.41) is 8.78. The molecule has 1 amide bonds. The summed E-state index contributed by atoms with van der Waals surface area (Å²) in [7, 11) is 0. The number of rotatable bonds is 5. The van der Waals surface area contributed by atoms with Gasteiger partial charge in [0.1, 0.15) is 0 Å². The molecule has 2 aliphatic heterocycles. The number of H-pyrrole nitrogens is 2. The summed E-state index contributed by atoms with van der Waals surface area (Å²) in [6.07, 6.45) is 6.78. The van der Waals surface area contributed by atoms with Crippen LogP contribution in [-0.2, 0) is 27.8 Å². The van der Waals surface area contributed by atoms with Crippen molar-refractivity contribution in [3.8, 4) is 11.4 Å². The van der Waals surface area contributed by atoms with E-state index in [0.717, 1.165) is 88.4 Å². The topological polar surface area (TPSA) is 77.2 Å². The maximum atomic E-state index is 13.9. The molecule has 0 radical (unpaired) electrons. The first-order valence-electron chi connectivity index (χ1n) is 12.5. The molecule has 2 N–H and O–H groups in total. The molecule has 0 spiro atoms. The fraction of sp³-hybridized carbons (Fsp3) is 0.538. The van der Waals surface area contributed by atoms with Crippen LogP contribution in [0.1, 0.15) is 49.8 Å². The van der Waals surface area contributed by atoms with Gasteiger partial charge in [0.05, 0.1) is 36.2 Å². The zero-order valence-corrected chi connectivity index (χ0v) is 19.7. The number of nitrogens with one attached hydrogen (secondary N) is 2. The van der Waals surface area contributed by atoms with Gasteiger partial charge in [0, 0.05) is 42.8 Å². The first kappa shape index (κ1) is 20.9. The number of hydrogen-bond acceptors (Lipinski definition) is 4. The molecule has 7 nitrogen and oxygen atoms in total. The SMILES string of the molecule is CCC1(CC)C(=O)N(CCN2CCOCC2)c2cc3c4c([nH]c3cc21)-c1[nH]ncc1CCC4. The molecule has 1 aromatic carbocycles. The van der Waals surface area contributed by atoms with Crippen molar-refractivity contribution >= 4 is 22.5 Å². The van der Waals surface area contributed by atoms with Crippen LogP contribution in [0, 0.1) is 0 Å². The number of morpholine rings is 1. The van der Waals surface area contributed by atoms with Crippen molar-refractivity contribution in [3.05, 3.63) is 35.0 Å². The van der Waals surface area contributed by atoms with Gasteiger partial charge in [0.2, 0.25) is 5.91 Å². The van der Waals surface area contributed by atoms with E-state index in [4.69, 9.17) is 4.74 Å². The Hall–Kier alpha value is -2.64. The Bertz CT molecular complexity index is 1200. The number of hydrogen-bond donors (Lipinski definition) is 2. The van der Waals surface area contributed by atoms with Crippen LogP contribution in [-0.4, -0.2) is 65.4 Å². The van der Waals surface area contributed by atoms with E-state index in [9.17, 15) is 4.79 Å². The van der Waals surface area contributed by atoms with Gasteiger partial charge >= 0.3 is 0 Å². The minimum atomic E-state index is -0.434. The molecular weight excluding hydrogens is 414 g/mol. The lowest BCUT2D eigenvalue weighted by molar-refractivity contribution is -0.123. The van der Waals surface area contributed by atoms with Gasteiger partial charge in [-0.2, -0.15) is 5.10 Å². The minimum absolute atomic E-state index is 0.269. The van der Waals surface area contributed by atoms with Crippen molar-refractivity contribution in [2.75, 3.05) is 44.3 Å². The highest BCUT2D eigenvalue weighted by Gasteiger charge is 2.48.